The molecule has 0 amide bonds. The second-order valence-corrected chi connectivity index (χ2v) is 14.6. The molecule has 252 valence electrons. The standard InChI is InChI=1S/C48H39N3O/c1-48(2)39-25-13-15-27-41(39)50(42-28-16-14-26-40(42)48)35-30-37-36-24-12-17-29-43(36)52-47(37)38(31-35)44-45(32-18-6-3-7-19-32)49-51(34-22-10-5-11-23-34)46(44)33-20-8-4-9-21-33/h4-6,8-31,44,46H,3,7H2,1-2H3. The van der Waals surface area contributed by atoms with Crippen LogP contribution in [0, 0.1) is 0 Å². The van der Waals surface area contributed by atoms with E-state index in [2.05, 4.69) is 188 Å². The first-order valence-corrected chi connectivity index (χ1v) is 18.4. The average molecular weight is 674 g/mol. The van der Waals surface area contributed by atoms with Crippen LogP contribution in [-0.2, 0) is 5.41 Å². The lowest BCUT2D eigenvalue weighted by atomic mass is 9.73. The Morgan fingerprint density at radius 2 is 1.31 bits per heavy atom. The van der Waals surface area contributed by atoms with E-state index in [-0.39, 0.29) is 17.4 Å². The second-order valence-electron chi connectivity index (χ2n) is 14.6. The monoisotopic (exact) mass is 673 g/mol. The highest BCUT2D eigenvalue weighted by Gasteiger charge is 2.44. The summed E-state index contributed by atoms with van der Waals surface area (Å²) >= 11 is 0. The molecule has 2 aliphatic heterocycles. The van der Waals surface area contributed by atoms with Crippen molar-refractivity contribution in [1.82, 2.24) is 0 Å². The summed E-state index contributed by atoms with van der Waals surface area (Å²) in [7, 11) is 0. The molecule has 52 heavy (non-hydrogen) atoms. The normalized spacial score (nSPS) is 19.0. The maximum atomic E-state index is 6.94. The van der Waals surface area contributed by atoms with Crippen molar-refractivity contribution in [2.24, 2.45) is 5.10 Å². The van der Waals surface area contributed by atoms with Gasteiger partial charge in [-0.05, 0) is 77.6 Å². The summed E-state index contributed by atoms with van der Waals surface area (Å²) in [6.45, 7) is 4.69. The number of nitrogens with zero attached hydrogens (tertiary/aromatic N) is 3. The number of fused-ring (bicyclic) bond motifs is 5. The molecule has 2 unspecified atom stereocenters. The van der Waals surface area contributed by atoms with E-state index >= 15 is 0 Å². The lowest BCUT2D eigenvalue weighted by Crippen LogP contribution is -2.30. The quantitative estimate of drug-likeness (QED) is 0.182. The van der Waals surface area contributed by atoms with Crippen molar-refractivity contribution >= 4 is 50.4 Å². The van der Waals surface area contributed by atoms with Gasteiger partial charge in [-0.15, -0.1) is 0 Å². The van der Waals surface area contributed by atoms with Gasteiger partial charge < -0.3 is 9.32 Å². The molecule has 1 aliphatic carbocycles. The topological polar surface area (TPSA) is 32.0 Å². The maximum absolute atomic E-state index is 6.94. The van der Waals surface area contributed by atoms with Crippen molar-refractivity contribution in [3.8, 4) is 0 Å². The molecule has 4 heteroatoms. The van der Waals surface area contributed by atoms with Crippen LogP contribution in [0.25, 0.3) is 21.9 Å². The van der Waals surface area contributed by atoms with Gasteiger partial charge in [-0.1, -0.05) is 135 Å². The zero-order chi connectivity index (χ0) is 34.8. The lowest BCUT2D eigenvalue weighted by molar-refractivity contribution is 0.625. The molecule has 7 aromatic rings. The Bertz CT molecular complexity index is 2530. The minimum absolute atomic E-state index is 0.110. The van der Waals surface area contributed by atoms with E-state index in [0.717, 1.165) is 57.4 Å². The van der Waals surface area contributed by atoms with E-state index in [1.807, 2.05) is 0 Å². The van der Waals surface area contributed by atoms with Gasteiger partial charge in [-0.2, -0.15) is 5.10 Å². The fourth-order valence-corrected chi connectivity index (χ4v) is 8.82. The van der Waals surface area contributed by atoms with Crippen LogP contribution in [0.15, 0.2) is 179 Å². The predicted octanol–water partition coefficient (Wildman–Crippen LogP) is 12.7. The highest BCUT2D eigenvalue weighted by molar-refractivity contribution is 6.14. The summed E-state index contributed by atoms with van der Waals surface area (Å²) in [6.07, 6.45) is 8.95. The fourth-order valence-electron chi connectivity index (χ4n) is 8.82. The number of hydrazone groups is 1. The van der Waals surface area contributed by atoms with Crippen molar-refractivity contribution in [2.45, 2.75) is 44.1 Å². The first-order chi connectivity index (χ1) is 25.6. The third-order valence-electron chi connectivity index (χ3n) is 11.3. The van der Waals surface area contributed by atoms with Crippen LogP contribution >= 0.6 is 0 Å². The highest BCUT2D eigenvalue weighted by atomic mass is 16.3. The van der Waals surface area contributed by atoms with E-state index < -0.39 is 0 Å². The second kappa shape index (κ2) is 12.0. The van der Waals surface area contributed by atoms with E-state index in [0.29, 0.717) is 0 Å². The van der Waals surface area contributed by atoms with Crippen LogP contribution in [0.4, 0.5) is 22.7 Å². The molecule has 1 aromatic heterocycles. The SMILES string of the molecule is CC1(C)c2ccccc2N(c2cc(C3C(C4=CCCC=C4)=NN(c4ccccc4)C3c3ccccc3)c3oc4ccccc4c3c2)c2ccccc21. The van der Waals surface area contributed by atoms with E-state index in [4.69, 9.17) is 9.52 Å². The number of hydrogen-bond acceptors (Lipinski definition) is 4. The van der Waals surface area contributed by atoms with E-state index in [9.17, 15) is 0 Å². The summed E-state index contributed by atoms with van der Waals surface area (Å²) in [4.78, 5) is 2.47. The first kappa shape index (κ1) is 30.7. The molecule has 0 spiro atoms. The van der Waals surface area contributed by atoms with Gasteiger partial charge in [-0.3, -0.25) is 5.01 Å². The van der Waals surface area contributed by atoms with Crippen LogP contribution in [-0.4, -0.2) is 5.71 Å². The first-order valence-electron chi connectivity index (χ1n) is 18.4. The molecule has 0 fully saturated rings. The molecule has 3 aliphatic rings. The molecule has 0 saturated carbocycles. The number of hydrogen-bond donors (Lipinski definition) is 0. The van der Waals surface area contributed by atoms with Crippen LogP contribution in [0.5, 0.6) is 0 Å². The van der Waals surface area contributed by atoms with Crippen LogP contribution in [0.3, 0.4) is 0 Å². The number of anilines is 4. The van der Waals surface area contributed by atoms with Crippen LogP contribution in [0.1, 0.15) is 60.9 Å². The van der Waals surface area contributed by atoms with Crippen LogP contribution < -0.4 is 9.91 Å². The summed E-state index contributed by atoms with van der Waals surface area (Å²) in [5, 5.41) is 10.0. The smallest absolute Gasteiger partial charge is 0.139 e. The minimum atomic E-state index is -0.154. The Morgan fingerprint density at radius 3 is 2.02 bits per heavy atom. The number of allylic oxidation sites excluding steroid dienone is 4. The third kappa shape index (κ3) is 4.71. The largest absolute Gasteiger partial charge is 0.456 e. The van der Waals surface area contributed by atoms with E-state index in [1.54, 1.807) is 0 Å². The van der Waals surface area contributed by atoms with Crippen molar-refractivity contribution in [3.05, 3.63) is 192 Å². The fraction of sp³-hybridized carbons (Fsp3) is 0.146. The van der Waals surface area contributed by atoms with Gasteiger partial charge >= 0.3 is 0 Å². The number of furan rings is 1. The molecule has 4 nitrogen and oxygen atoms in total. The Morgan fingerprint density at radius 1 is 0.654 bits per heavy atom. The summed E-state index contributed by atoms with van der Waals surface area (Å²) in [5.74, 6) is -0.133. The molecular weight excluding hydrogens is 635 g/mol. The summed E-state index contributed by atoms with van der Waals surface area (Å²) in [6, 6.07) is 52.4. The predicted molar refractivity (Wildman–Crippen MR) is 215 cm³/mol. The highest BCUT2D eigenvalue weighted by Crippen LogP contribution is 2.55. The Labute approximate surface area is 304 Å². The van der Waals surface area contributed by atoms with Gasteiger partial charge in [0.25, 0.3) is 0 Å². The summed E-state index contributed by atoms with van der Waals surface area (Å²) in [5.41, 5.74) is 13.4. The Kier molecular flexibility index (Phi) is 7.07. The molecule has 0 saturated heterocycles. The average Bonchev–Trinajstić information content (AvgIpc) is 3.79. The van der Waals surface area contributed by atoms with Crippen molar-refractivity contribution < 1.29 is 4.42 Å². The van der Waals surface area contributed by atoms with Gasteiger partial charge in [-0.25, -0.2) is 0 Å². The molecule has 0 radical (unpaired) electrons. The Hall–Kier alpha value is -6.13. The zero-order valence-electron chi connectivity index (χ0n) is 29.4. The van der Waals surface area contributed by atoms with Crippen molar-refractivity contribution in [1.29, 1.82) is 0 Å². The van der Waals surface area contributed by atoms with Gasteiger partial charge in [0.2, 0.25) is 0 Å². The Balaban J connectivity index is 1.29. The molecular formula is C48H39N3O. The lowest BCUT2D eigenvalue weighted by Gasteiger charge is -2.42. The maximum Gasteiger partial charge on any atom is 0.139 e. The molecule has 10 rings (SSSR count). The number of benzene rings is 6. The number of para-hydroxylation sites is 4. The van der Waals surface area contributed by atoms with Gasteiger partial charge in [0.15, 0.2) is 0 Å². The molecule has 0 bridgehead atoms. The molecule has 0 N–H and O–H groups in total. The molecule has 2 atom stereocenters. The van der Waals surface area contributed by atoms with Crippen LogP contribution in [0.2, 0.25) is 0 Å². The zero-order valence-corrected chi connectivity index (χ0v) is 29.4. The van der Waals surface area contributed by atoms with E-state index in [1.165, 1.54) is 33.6 Å². The van der Waals surface area contributed by atoms with Gasteiger partial charge in [0.05, 0.1) is 34.7 Å². The van der Waals surface area contributed by atoms with Crippen molar-refractivity contribution in [3.63, 3.8) is 0 Å². The minimum Gasteiger partial charge on any atom is -0.456 e. The molecule has 6 aromatic carbocycles. The third-order valence-corrected chi connectivity index (χ3v) is 11.3. The van der Waals surface area contributed by atoms with Gasteiger partial charge in [0, 0.05) is 27.4 Å². The number of rotatable bonds is 5. The summed E-state index contributed by atoms with van der Waals surface area (Å²) < 4.78 is 6.94. The molecule has 3 heterocycles. The van der Waals surface area contributed by atoms with Gasteiger partial charge in [0.1, 0.15) is 11.2 Å². The van der Waals surface area contributed by atoms with Crippen molar-refractivity contribution in [2.75, 3.05) is 9.91 Å².